The average Bonchev–Trinajstić information content (AvgIpc) is 3.06. The van der Waals surface area contributed by atoms with Crippen LogP contribution in [-0.2, 0) is 29.2 Å². The molecule has 0 spiro atoms. The molecule has 0 unspecified atom stereocenters. The summed E-state index contributed by atoms with van der Waals surface area (Å²) in [7, 11) is 1.42. The van der Waals surface area contributed by atoms with Gasteiger partial charge in [-0.15, -0.1) is 0 Å². The number of carbonyl (C=O) groups is 1. The SMILES string of the molecule is CCCCn1c(=O)[nH]c(=O)c2c1nc(CN1CCC(C(=O)OC)CC1)n2CC. The molecule has 1 saturated heterocycles. The Labute approximate surface area is 163 Å². The first kappa shape index (κ1) is 20.3. The Morgan fingerprint density at radius 2 is 1.93 bits per heavy atom. The van der Waals surface area contributed by atoms with E-state index in [1.165, 1.54) is 7.11 Å². The number of ether oxygens (including phenoxy) is 1. The zero-order chi connectivity index (χ0) is 20.3. The maximum Gasteiger partial charge on any atom is 0.330 e. The summed E-state index contributed by atoms with van der Waals surface area (Å²) in [5.74, 6) is 0.579. The summed E-state index contributed by atoms with van der Waals surface area (Å²) in [6.07, 6.45) is 3.29. The van der Waals surface area contributed by atoms with Crippen LogP contribution in [0.3, 0.4) is 0 Å². The second kappa shape index (κ2) is 8.72. The summed E-state index contributed by atoms with van der Waals surface area (Å²) in [6.45, 7) is 7.28. The van der Waals surface area contributed by atoms with Crippen molar-refractivity contribution < 1.29 is 9.53 Å². The molecule has 28 heavy (non-hydrogen) atoms. The topological polar surface area (TPSA) is 102 Å². The zero-order valence-corrected chi connectivity index (χ0v) is 16.9. The predicted molar refractivity (Wildman–Crippen MR) is 105 cm³/mol. The molecule has 0 saturated carbocycles. The number of methoxy groups -OCH3 is 1. The number of likely N-dealkylation sites (tertiary alicyclic amines) is 1. The summed E-state index contributed by atoms with van der Waals surface area (Å²) in [5.41, 5.74) is 0.121. The summed E-state index contributed by atoms with van der Waals surface area (Å²) in [6, 6.07) is 0. The Kier molecular flexibility index (Phi) is 6.33. The summed E-state index contributed by atoms with van der Waals surface area (Å²) in [4.78, 5) is 45.8. The molecule has 1 aliphatic rings. The summed E-state index contributed by atoms with van der Waals surface area (Å²) < 4.78 is 8.31. The van der Waals surface area contributed by atoms with Crippen molar-refractivity contribution in [2.75, 3.05) is 20.2 Å². The van der Waals surface area contributed by atoms with Gasteiger partial charge in [-0.05, 0) is 39.3 Å². The highest BCUT2D eigenvalue weighted by Crippen LogP contribution is 2.21. The third-order valence-corrected chi connectivity index (χ3v) is 5.50. The number of esters is 1. The van der Waals surface area contributed by atoms with Gasteiger partial charge in [0.15, 0.2) is 11.2 Å². The van der Waals surface area contributed by atoms with E-state index in [9.17, 15) is 14.4 Å². The van der Waals surface area contributed by atoms with Crippen molar-refractivity contribution in [2.24, 2.45) is 5.92 Å². The van der Waals surface area contributed by atoms with Gasteiger partial charge in [-0.3, -0.25) is 24.0 Å². The van der Waals surface area contributed by atoms with Crippen molar-refractivity contribution in [2.45, 2.75) is 59.2 Å². The Morgan fingerprint density at radius 1 is 1.21 bits per heavy atom. The van der Waals surface area contributed by atoms with Gasteiger partial charge in [0.05, 0.1) is 19.6 Å². The minimum atomic E-state index is -0.405. The number of fused-ring (bicyclic) bond motifs is 1. The van der Waals surface area contributed by atoms with Crippen LogP contribution >= 0.6 is 0 Å². The van der Waals surface area contributed by atoms with E-state index in [0.717, 1.165) is 44.6 Å². The number of nitrogens with zero attached hydrogens (tertiary/aromatic N) is 4. The van der Waals surface area contributed by atoms with Crippen LogP contribution in [0.4, 0.5) is 0 Å². The largest absolute Gasteiger partial charge is 0.469 e. The Balaban J connectivity index is 1.90. The second-order valence-corrected chi connectivity index (χ2v) is 7.28. The third-order valence-electron chi connectivity index (χ3n) is 5.50. The van der Waals surface area contributed by atoms with Gasteiger partial charge < -0.3 is 9.30 Å². The number of carbonyl (C=O) groups excluding carboxylic acids is 1. The highest BCUT2D eigenvalue weighted by molar-refractivity contribution is 5.72. The van der Waals surface area contributed by atoms with E-state index in [4.69, 9.17) is 9.72 Å². The molecule has 2 aromatic rings. The molecule has 9 nitrogen and oxygen atoms in total. The molecule has 1 aliphatic heterocycles. The van der Waals surface area contributed by atoms with Gasteiger partial charge in [0.1, 0.15) is 5.82 Å². The number of rotatable bonds is 7. The molecular weight excluding hydrogens is 362 g/mol. The molecule has 0 atom stereocenters. The zero-order valence-electron chi connectivity index (χ0n) is 16.9. The fourth-order valence-corrected chi connectivity index (χ4v) is 3.90. The number of hydrogen-bond acceptors (Lipinski definition) is 6. The van der Waals surface area contributed by atoms with Crippen molar-refractivity contribution in [3.63, 3.8) is 0 Å². The van der Waals surface area contributed by atoms with E-state index in [1.54, 1.807) is 4.57 Å². The molecule has 1 fully saturated rings. The van der Waals surface area contributed by atoms with Crippen LogP contribution in [0, 0.1) is 5.92 Å². The lowest BCUT2D eigenvalue weighted by Crippen LogP contribution is -2.37. The van der Waals surface area contributed by atoms with E-state index < -0.39 is 11.2 Å². The molecule has 0 amide bonds. The standard InChI is InChI=1S/C19H29N5O4/c1-4-6-9-24-16-15(17(25)21-19(24)27)23(5-2)14(20-16)12-22-10-7-13(8-11-22)18(26)28-3/h13H,4-12H2,1-3H3,(H,21,25,27). The van der Waals surface area contributed by atoms with Gasteiger partial charge in [0, 0.05) is 13.1 Å². The van der Waals surface area contributed by atoms with E-state index in [1.807, 2.05) is 11.5 Å². The highest BCUT2D eigenvalue weighted by atomic mass is 16.5. The number of piperidine rings is 1. The number of aromatic amines is 1. The first-order valence-electron chi connectivity index (χ1n) is 10.0. The molecule has 1 N–H and O–H groups in total. The van der Waals surface area contributed by atoms with Crippen LogP contribution in [0.1, 0.15) is 45.4 Å². The first-order chi connectivity index (χ1) is 13.5. The predicted octanol–water partition coefficient (Wildman–Crippen LogP) is 1.09. The maximum absolute atomic E-state index is 12.5. The van der Waals surface area contributed by atoms with Crippen LogP contribution in [-0.4, -0.2) is 50.2 Å². The van der Waals surface area contributed by atoms with Crippen LogP contribution in [0.2, 0.25) is 0 Å². The lowest BCUT2D eigenvalue weighted by Gasteiger charge is -2.30. The molecule has 0 aliphatic carbocycles. The highest BCUT2D eigenvalue weighted by Gasteiger charge is 2.27. The number of H-pyrrole nitrogens is 1. The van der Waals surface area contributed by atoms with Crippen molar-refractivity contribution >= 4 is 17.1 Å². The van der Waals surface area contributed by atoms with Crippen molar-refractivity contribution in [1.29, 1.82) is 0 Å². The molecule has 3 rings (SSSR count). The molecule has 0 bridgehead atoms. The van der Waals surface area contributed by atoms with Gasteiger partial charge in [-0.1, -0.05) is 13.3 Å². The number of unbranched alkanes of at least 4 members (excludes halogenated alkanes) is 1. The Morgan fingerprint density at radius 3 is 2.54 bits per heavy atom. The minimum Gasteiger partial charge on any atom is -0.469 e. The Hall–Kier alpha value is -2.42. The summed E-state index contributed by atoms with van der Waals surface area (Å²) >= 11 is 0. The third kappa shape index (κ3) is 3.89. The van der Waals surface area contributed by atoms with E-state index in [-0.39, 0.29) is 11.9 Å². The monoisotopic (exact) mass is 391 g/mol. The van der Waals surface area contributed by atoms with Crippen molar-refractivity contribution in [1.82, 2.24) is 24.0 Å². The Bertz CT molecular complexity index is 950. The van der Waals surface area contributed by atoms with Crippen LogP contribution in [0.25, 0.3) is 11.2 Å². The van der Waals surface area contributed by atoms with Crippen LogP contribution in [0.5, 0.6) is 0 Å². The molecule has 0 aromatic carbocycles. The quantitative estimate of drug-likeness (QED) is 0.709. The first-order valence-corrected chi connectivity index (χ1v) is 10.0. The lowest BCUT2D eigenvalue weighted by molar-refractivity contribution is -0.147. The normalized spacial score (nSPS) is 16.0. The molecule has 3 heterocycles. The van der Waals surface area contributed by atoms with E-state index >= 15 is 0 Å². The minimum absolute atomic E-state index is 0.0479. The van der Waals surface area contributed by atoms with Crippen molar-refractivity contribution in [3.05, 3.63) is 26.7 Å². The number of hydrogen-bond donors (Lipinski definition) is 1. The van der Waals surface area contributed by atoms with E-state index in [2.05, 4.69) is 16.8 Å². The second-order valence-electron chi connectivity index (χ2n) is 7.28. The number of nitrogens with one attached hydrogen (secondary N) is 1. The van der Waals surface area contributed by atoms with Gasteiger partial charge in [-0.25, -0.2) is 9.78 Å². The van der Waals surface area contributed by atoms with Gasteiger partial charge >= 0.3 is 11.7 Å². The van der Waals surface area contributed by atoms with Gasteiger partial charge in [0.2, 0.25) is 0 Å². The maximum atomic E-state index is 12.5. The smallest absolute Gasteiger partial charge is 0.330 e. The number of aryl methyl sites for hydroxylation is 2. The van der Waals surface area contributed by atoms with Gasteiger partial charge in [0.25, 0.3) is 5.56 Å². The fourth-order valence-electron chi connectivity index (χ4n) is 3.90. The van der Waals surface area contributed by atoms with Crippen LogP contribution < -0.4 is 11.2 Å². The molecule has 154 valence electrons. The summed E-state index contributed by atoms with van der Waals surface area (Å²) in [5, 5.41) is 0. The molecule has 0 radical (unpaired) electrons. The molecule has 2 aromatic heterocycles. The number of imidazole rings is 1. The van der Waals surface area contributed by atoms with Crippen molar-refractivity contribution in [3.8, 4) is 0 Å². The molecule has 9 heteroatoms. The van der Waals surface area contributed by atoms with E-state index in [0.29, 0.717) is 30.8 Å². The lowest BCUT2D eigenvalue weighted by atomic mass is 9.97. The van der Waals surface area contributed by atoms with Gasteiger partial charge in [-0.2, -0.15) is 0 Å². The molecular formula is C19H29N5O4. The van der Waals surface area contributed by atoms with Crippen LogP contribution in [0.15, 0.2) is 9.59 Å². The average molecular weight is 391 g/mol. The number of aromatic nitrogens is 4. The fraction of sp³-hybridized carbons (Fsp3) is 0.684.